The van der Waals surface area contributed by atoms with Gasteiger partial charge in [0.25, 0.3) is 0 Å². The van der Waals surface area contributed by atoms with Crippen molar-refractivity contribution in [1.29, 1.82) is 0 Å². The number of thiophene rings is 1. The molecule has 0 amide bonds. The van der Waals surface area contributed by atoms with E-state index in [1.165, 1.54) is 14.3 Å². The van der Waals surface area contributed by atoms with E-state index in [1.54, 1.807) is 23.1 Å². The highest BCUT2D eigenvalue weighted by Gasteiger charge is 2.03. The molecule has 0 atom stereocenters. The number of hydrogen-bond donors (Lipinski definition) is 2. The summed E-state index contributed by atoms with van der Waals surface area (Å²) in [6.07, 6.45) is 2.08. The van der Waals surface area contributed by atoms with E-state index in [2.05, 4.69) is 25.0 Å². The fourth-order valence-corrected chi connectivity index (χ4v) is 3.11. The van der Waals surface area contributed by atoms with Gasteiger partial charge in [0.2, 0.25) is 0 Å². The van der Waals surface area contributed by atoms with Gasteiger partial charge in [0.1, 0.15) is 0 Å². The topological polar surface area (TPSA) is 26.0 Å². The van der Waals surface area contributed by atoms with Crippen LogP contribution in [0.5, 0.6) is 0 Å². The molecule has 0 bridgehead atoms. The first-order valence-corrected chi connectivity index (χ1v) is 6.25. The molecule has 0 saturated heterocycles. The van der Waals surface area contributed by atoms with Crippen LogP contribution >= 0.6 is 35.7 Å². The van der Waals surface area contributed by atoms with E-state index in [9.17, 15) is 0 Å². The maximum atomic E-state index is 5.76. The number of nitrogens with two attached hydrogens (primary N) is 1. The average molecular weight is 227 g/mol. The highest BCUT2D eigenvalue weighted by molar-refractivity contribution is 8.00. The molecule has 2 rings (SSSR count). The maximum Gasteiger partial charge on any atom is 0.0608 e. The zero-order valence-corrected chi connectivity index (χ0v) is 9.60. The Kier molecular flexibility index (Phi) is 2.45. The van der Waals surface area contributed by atoms with Crippen LogP contribution in [0.2, 0.25) is 0 Å². The molecule has 0 aliphatic rings. The molecule has 0 spiro atoms. The smallest absolute Gasteiger partial charge is 0.0608 e. The molecule has 1 nitrogen and oxygen atoms in total. The van der Waals surface area contributed by atoms with Crippen molar-refractivity contribution in [2.45, 2.75) is 9.10 Å². The van der Waals surface area contributed by atoms with Crippen molar-refractivity contribution in [3.05, 3.63) is 18.2 Å². The van der Waals surface area contributed by atoms with Gasteiger partial charge in [0, 0.05) is 15.3 Å². The highest BCUT2D eigenvalue weighted by Crippen LogP contribution is 2.34. The summed E-state index contributed by atoms with van der Waals surface area (Å²) in [5.74, 6) is 0. The maximum absolute atomic E-state index is 5.76. The molecule has 1 aromatic carbocycles. The van der Waals surface area contributed by atoms with E-state index in [0.29, 0.717) is 0 Å². The first kappa shape index (κ1) is 9.24. The minimum absolute atomic E-state index is 0.751. The third kappa shape index (κ3) is 1.66. The summed E-state index contributed by atoms with van der Waals surface area (Å²) >= 11 is 7.82. The Balaban J connectivity index is 2.70. The molecule has 1 heterocycles. The van der Waals surface area contributed by atoms with Crippen LogP contribution in [0.3, 0.4) is 0 Å². The van der Waals surface area contributed by atoms with Crippen LogP contribution in [0.1, 0.15) is 0 Å². The second-order valence-electron chi connectivity index (χ2n) is 2.72. The standard InChI is InChI=1S/C9H9NS3/c1-12-9-3-5-2-6(10)7(11)4-8(5)13-9/h2-4,11H,10H2,1H3. The van der Waals surface area contributed by atoms with E-state index in [4.69, 9.17) is 5.73 Å². The van der Waals surface area contributed by atoms with E-state index in [-0.39, 0.29) is 0 Å². The quantitative estimate of drug-likeness (QED) is 0.443. The van der Waals surface area contributed by atoms with Gasteiger partial charge in [-0.1, -0.05) is 0 Å². The fourth-order valence-electron chi connectivity index (χ4n) is 1.17. The largest absolute Gasteiger partial charge is 0.398 e. The SMILES string of the molecule is CSc1cc2cc(N)c(S)cc2s1. The minimum atomic E-state index is 0.751. The van der Waals surface area contributed by atoms with E-state index in [0.717, 1.165) is 10.6 Å². The normalized spacial score (nSPS) is 10.9. The lowest BCUT2D eigenvalue weighted by Gasteiger charge is -1.97. The van der Waals surface area contributed by atoms with Gasteiger partial charge in [-0.25, -0.2) is 0 Å². The van der Waals surface area contributed by atoms with Crippen LogP contribution in [0.15, 0.2) is 27.3 Å². The van der Waals surface area contributed by atoms with Gasteiger partial charge < -0.3 is 5.73 Å². The van der Waals surface area contributed by atoms with Gasteiger partial charge in [-0.2, -0.15) is 0 Å². The predicted molar refractivity (Wildman–Crippen MR) is 65.3 cm³/mol. The minimum Gasteiger partial charge on any atom is -0.398 e. The summed E-state index contributed by atoms with van der Waals surface area (Å²) < 4.78 is 2.57. The Morgan fingerprint density at radius 3 is 2.85 bits per heavy atom. The summed E-state index contributed by atoms with van der Waals surface area (Å²) in [5, 5.41) is 1.21. The van der Waals surface area contributed by atoms with Gasteiger partial charge in [-0.3, -0.25) is 0 Å². The van der Waals surface area contributed by atoms with Crippen molar-refractivity contribution in [2.24, 2.45) is 0 Å². The lowest BCUT2D eigenvalue weighted by atomic mass is 10.2. The molecule has 13 heavy (non-hydrogen) atoms. The number of hydrogen-bond acceptors (Lipinski definition) is 4. The number of anilines is 1. The summed E-state index contributed by atoms with van der Waals surface area (Å²) in [6.45, 7) is 0. The lowest BCUT2D eigenvalue weighted by Crippen LogP contribution is -1.84. The molecular formula is C9H9NS3. The average Bonchev–Trinajstić information content (AvgIpc) is 2.48. The van der Waals surface area contributed by atoms with Crippen LogP contribution < -0.4 is 5.73 Å². The molecule has 1 aromatic heterocycles. The Morgan fingerprint density at radius 2 is 2.15 bits per heavy atom. The third-order valence-corrected chi connectivity index (χ3v) is 4.39. The Hall–Kier alpha value is -0.320. The summed E-state index contributed by atoms with van der Waals surface area (Å²) in [7, 11) is 0. The monoisotopic (exact) mass is 227 g/mol. The van der Waals surface area contributed by atoms with E-state index in [1.807, 2.05) is 12.1 Å². The fraction of sp³-hybridized carbons (Fsp3) is 0.111. The summed E-state index contributed by atoms with van der Waals surface area (Å²) in [5.41, 5.74) is 6.51. The Morgan fingerprint density at radius 1 is 1.38 bits per heavy atom. The molecule has 68 valence electrons. The van der Waals surface area contributed by atoms with Gasteiger partial charge in [0.05, 0.1) is 4.21 Å². The van der Waals surface area contributed by atoms with Crippen molar-refractivity contribution < 1.29 is 0 Å². The third-order valence-electron chi connectivity index (χ3n) is 1.84. The Bertz CT molecular complexity index is 408. The predicted octanol–water partition coefficient (Wildman–Crippen LogP) is 3.49. The molecule has 2 N–H and O–H groups in total. The van der Waals surface area contributed by atoms with Crippen LogP contribution in [-0.2, 0) is 0 Å². The van der Waals surface area contributed by atoms with Gasteiger partial charge in [0.15, 0.2) is 0 Å². The van der Waals surface area contributed by atoms with Crippen molar-refractivity contribution in [2.75, 3.05) is 12.0 Å². The molecule has 0 fully saturated rings. The zero-order chi connectivity index (χ0) is 9.42. The lowest BCUT2D eigenvalue weighted by molar-refractivity contribution is 1.53. The molecule has 2 aromatic rings. The Labute approximate surface area is 90.7 Å². The second kappa shape index (κ2) is 3.44. The van der Waals surface area contributed by atoms with Crippen LogP contribution in [0, 0.1) is 0 Å². The van der Waals surface area contributed by atoms with Crippen molar-refractivity contribution in [3.63, 3.8) is 0 Å². The van der Waals surface area contributed by atoms with Crippen LogP contribution in [-0.4, -0.2) is 6.26 Å². The number of thiol groups is 1. The first-order valence-electron chi connectivity index (χ1n) is 3.76. The summed E-state index contributed by atoms with van der Waals surface area (Å²) in [4.78, 5) is 0.863. The molecule has 4 heteroatoms. The first-order chi connectivity index (χ1) is 6.20. The van der Waals surface area contributed by atoms with E-state index >= 15 is 0 Å². The number of rotatable bonds is 1. The molecule has 0 aliphatic carbocycles. The second-order valence-corrected chi connectivity index (χ2v) is 5.39. The van der Waals surface area contributed by atoms with Crippen molar-refractivity contribution >= 4 is 51.5 Å². The summed E-state index contributed by atoms with van der Waals surface area (Å²) in [6, 6.07) is 6.17. The van der Waals surface area contributed by atoms with Crippen LogP contribution in [0.25, 0.3) is 10.1 Å². The van der Waals surface area contributed by atoms with Crippen LogP contribution in [0.4, 0.5) is 5.69 Å². The van der Waals surface area contributed by atoms with Gasteiger partial charge in [-0.05, 0) is 29.8 Å². The van der Waals surface area contributed by atoms with Gasteiger partial charge >= 0.3 is 0 Å². The number of benzene rings is 1. The molecule has 0 unspecified atom stereocenters. The molecule has 0 radical (unpaired) electrons. The number of nitrogen functional groups attached to an aromatic ring is 1. The molecule has 0 aliphatic heterocycles. The number of thioether (sulfide) groups is 1. The number of fused-ring (bicyclic) bond motifs is 1. The van der Waals surface area contributed by atoms with Crippen molar-refractivity contribution in [1.82, 2.24) is 0 Å². The van der Waals surface area contributed by atoms with Crippen molar-refractivity contribution in [3.8, 4) is 0 Å². The van der Waals surface area contributed by atoms with E-state index < -0.39 is 0 Å². The zero-order valence-electron chi connectivity index (χ0n) is 7.07. The molecular weight excluding hydrogens is 218 g/mol. The van der Waals surface area contributed by atoms with Gasteiger partial charge in [-0.15, -0.1) is 35.7 Å². The highest BCUT2D eigenvalue weighted by atomic mass is 32.2. The molecule has 0 saturated carbocycles.